The molecule has 2 rings (SSSR count). The molecule has 1 aliphatic rings. The minimum absolute atomic E-state index is 0.660. The number of likely N-dealkylation sites (tertiary alicyclic amines) is 1. The van der Waals surface area contributed by atoms with Gasteiger partial charge in [0.2, 0.25) is 6.19 Å². The Kier molecular flexibility index (Phi) is 3.55. The minimum atomic E-state index is 0.660. The number of hydrogen-bond acceptors (Lipinski definition) is 2. The lowest BCUT2D eigenvalue weighted by Crippen LogP contribution is -2.31. The van der Waals surface area contributed by atoms with Gasteiger partial charge in [0.15, 0.2) is 0 Å². The summed E-state index contributed by atoms with van der Waals surface area (Å²) < 4.78 is 0. The lowest BCUT2D eigenvalue weighted by Gasteiger charge is -2.30. The monoisotopic (exact) mass is 213 g/mol. The summed E-state index contributed by atoms with van der Waals surface area (Å²) in [4.78, 5) is 5.71. The van der Waals surface area contributed by atoms with Crippen LogP contribution in [-0.4, -0.2) is 24.3 Å². The highest BCUT2D eigenvalue weighted by Crippen LogP contribution is 2.26. The van der Waals surface area contributed by atoms with Gasteiger partial charge in [0, 0.05) is 13.1 Å². The van der Waals surface area contributed by atoms with Crippen LogP contribution in [0.5, 0.6) is 0 Å². The Morgan fingerprint density at radius 2 is 1.94 bits per heavy atom. The van der Waals surface area contributed by atoms with Crippen molar-refractivity contribution in [2.24, 2.45) is 4.99 Å². The minimum Gasteiger partial charge on any atom is -0.362 e. The van der Waals surface area contributed by atoms with Crippen molar-refractivity contribution in [1.82, 2.24) is 4.90 Å². The average Bonchev–Trinajstić information content (AvgIpc) is 2.38. The topological polar surface area (TPSA) is 39.4 Å². The SMILES string of the molecule is N#CN=CN1CCC(c2ccccc2)CC1. The maximum Gasteiger partial charge on any atom is 0.207 e. The number of benzene rings is 1. The van der Waals surface area contributed by atoms with E-state index >= 15 is 0 Å². The van der Waals surface area contributed by atoms with Gasteiger partial charge in [-0.2, -0.15) is 10.3 Å². The number of nitrogens with zero attached hydrogens (tertiary/aromatic N) is 3. The van der Waals surface area contributed by atoms with E-state index in [2.05, 4.69) is 40.2 Å². The highest BCUT2D eigenvalue weighted by Gasteiger charge is 2.18. The van der Waals surface area contributed by atoms with E-state index in [-0.39, 0.29) is 0 Å². The second-order valence-corrected chi connectivity index (χ2v) is 4.07. The molecular formula is C13H15N3. The van der Waals surface area contributed by atoms with Crippen molar-refractivity contribution in [2.75, 3.05) is 13.1 Å². The van der Waals surface area contributed by atoms with Crippen molar-refractivity contribution in [3.8, 4) is 6.19 Å². The van der Waals surface area contributed by atoms with Crippen LogP contribution in [0.1, 0.15) is 24.3 Å². The van der Waals surface area contributed by atoms with Crippen molar-refractivity contribution in [3.05, 3.63) is 35.9 Å². The predicted octanol–water partition coefficient (Wildman–Crippen LogP) is 2.38. The zero-order valence-corrected chi connectivity index (χ0v) is 9.21. The molecule has 0 aromatic heterocycles. The van der Waals surface area contributed by atoms with E-state index in [9.17, 15) is 0 Å². The second kappa shape index (κ2) is 5.32. The van der Waals surface area contributed by atoms with Gasteiger partial charge in [-0.25, -0.2) is 0 Å². The van der Waals surface area contributed by atoms with Gasteiger partial charge >= 0.3 is 0 Å². The fourth-order valence-corrected chi connectivity index (χ4v) is 2.18. The molecule has 3 heteroatoms. The molecule has 1 saturated heterocycles. The standard InChI is InChI=1S/C13H15N3/c14-10-15-11-16-8-6-13(7-9-16)12-4-2-1-3-5-12/h1-5,11,13H,6-9H2. The summed E-state index contributed by atoms with van der Waals surface area (Å²) in [6.07, 6.45) is 5.72. The van der Waals surface area contributed by atoms with E-state index in [1.807, 2.05) is 0 Å². The molecule has 0 aliphatic carbocycles. The van der Waals surface area contributed by atoms with Crippen molar-refractivity contribution in [3.63, 3.8) is 0 Å². The first-order valence-electron chi connectivity index (χ1n) is 5.61. The zero-order valence-electron chi connectivity index (χ0n) is 9.21. The van der Waals surface area contributed by atoms with E-state index in [1.54, 1.807) is 12.5 Å². The third-order valence-corrected chi connectivity index (χ3v) is 3.08. The Labute approximate surface area is 96.0 Å². The van der Waals surface area contributed by atoms with Crippen LogP contribution in [0.2, 0.25) is 0 Å². The summed E-state index contributed by atoms with van der Waals surface area (Å²) in [6, 6.07) is 10.6. The maximum absolute atomic E-state index is 8.35. The molecule has 1 fully saturated rings. The first kappa shape index (κ1) is 10.7. The van der Waals surface area contributed by atoms with Crippen LogP contribution in [0.25, 0.3) is 0 Å². The van der Waals surface area contributed by atoms with Gasteiger partial charge < -0.3 is 4.90 Å². The van der Waals surface area contributed by atoms with Crippen LogP contribution in [0.3, 0.4) is 0 Å². The quantitative estimate of drug-likeness (QED) is 0.430. The third-order valence-electron chi connectivity index (χ3n) is 3.08. The number of aliphatic imine (C=N–C) groups is 1. The van der Waals surface area contributed by atoms with Gasteiger partial charge in [-0.05, 0) is 24.3 Å². The molecule has 3 nitrogen and oxygen atoms in total. The highest BCUT2D eigenvalue weighted by molar-refractivity contribution is 5.56. The van der Waals surface area contributed by atoms with Gasteiger partial charge in [0.25, 0.3) is 0 Å². The fourth-order valence-electron chi connectivity index (χ4n) is 2.18. The molecule has 1 heterocycles. The Morgan fingerprint density at radius 3 is 2.56 bits per heavy atom. The molecule has 0 radical (unpaired) electrons. The molecule has 1 aromatic rings. The fraction of sp³-hybridized carbons (Fsp3) is 0.385. The van der Waals surface area contributed by atoms with Crippen molar-refractivity contribution >= 4 is 6.34 Å². The Bertz CT molecular complexity index is 383. The van der Waals surface area contributed by atoms with Gasteiger partial charge in [-0.3, -0.25) is 0 Å². The second-order valence-electron chi connectivity index (χ2n) is 4.07. The van der Waals surface area contributed by atoms with E-state index in [0.717, 1.165) is 25.9 Å². The molecule has 0 saturated carbocycles. The first-order chi connectivity index (χ1) is 7.90. The van der Waals surface area contributed by atoms with Crippen molar-refractivity contribution in [1.29, 1.82) is 5.26 Å². The lowest BCUT2D eigenvalue weighted by atomic mass is 9.90. The number of rotatable bonds is 2. The molecule has 82 valence electrons. The van der Waals surface area contributed by atoms with E-state index < -0.39 is 0 Å². The molecule has 0 amide bonds. The normalized spacial score (nSPS) is 17.6. The molecule has 0 bridgehead atoms. The number of piperidine rings is 1. The smallest absolute Gasteiger partial charge is 0.207 e. The Morgan fingerprint density at radius 1 is 1.25 bits per heavy atom. The van der Waals surface area contributed by atoms with Crippen LogP contribution < -0.4 is 0 Å². The molecule has 16 heavy (non-hydrogen) atoms. The molecule has 0 N–H and O–H groups in total. The largest absolute Gasteiger partial charge is 0.362 e. The summed E-state index contributed by atoms with van der Waals surface area (Å²) in [5.74, 6) is 0.660. The van der Waals surface area contributed by atoms with E-state index in [0.29, 0.717) is 5.92 Å². The summed E-state index contributed by atoms with van der Waals surface area (Å²) in [6.45, 7) is 1.98. The van der Waals surface area contributed by atoms with Crippen LogP contribution in [0, 0.1) is 11.5 Å². The Hall–Kier alpha value is -1.82. The van der Waals surface area contributed by atoms with Gasteiger partial charge in [-0.1, -0.05) is 30.3 Å². The Balaban J connectivity index is 1.91. The molecule has 0 unspecified atom stereocenters. The van der Waals surface area contributed by atoms with Crippen molar-refractivity contribution in [2.45, 2.75) is 18.8 Å². The maximum atomic E-state index is 8.35. The van der Waals surface area contributed by atoms with E-state index in [1.165, 1.54) is 5.56 Å². The zero-order chi connectivity index (χ0) is 11.2. The predicted molar refractivity (Wildman–Crippen MR) is 64.1 cm³/mol. The highest BCUT2D eigenvalue weighted by atomic mass is 15.1. The average molecular weight is 213 g/mol. The molecule has 1 aliphatic heterocycles. The van der Waals surface area contributed by atoms with Crippen LogP contribution in [0.4, 0.5) is 0 Å². The molecule has 1 aromatic carbocycles. The lowest BCUT2D eigenvalue weighted by molar-refractivity contribution is 0.320. The summed E-state index contributed by atoms with van der Waals surface area (Å²) in [7, 11) is 0. The summed E-state index contributed by atoms with van der Waals surface area (Å²) in [5.41, 5.74) is 1.43. The number of nitriles is 1. The molecular weight excluding hydrogens is 198 g/mol. The number of hydrogen-bond donors (Lipinski definition) is 0. The van der Waals surface area contributed by atoms with Gasteiger partial charge in [0.05, 0.1) is 0 Å². The summed E-state index contributed by atoms with van der Waals surface area (Å²) in [5, 5.41) is 8.35. The van der Waals surface area contributed by atoms with Crippen LogP contribution >= 0.6 is 0 Å². The van der Waals surface area contributed by atoms with E-state index in [4.69, 9.17) is 5.26 Å². The third kappa shape index (κ3) is 2.60. The van der Waals surface area contributed by atoms with Gasteiger partial charge in [0.1, 0.15) is 6.34 Å². The summed E-state index contributed by atoms with van der Waals surface area (Å²) >= 11 is 0. The first-order valence-corrected chi connectivity index (χ1v) is 5.61. The van der Waals surface area contributed by atoms with Crippen LogP contribution in [0.15, 0.2) is 35.3 Å². The molecule has 0 spiro atoms. The van der Waals surface area contributed by atoms with Crippen molar-refractivity contribution < 1.29 is 0 Å². The molecule has 0 atom stereocenters. The van der Waals surface area contributed by atoms with Gasteiger partial charge in [-0.15, -0.1) is 0 Å². The van der Waals surface area contributed by atoms with Crippen LogP contribution in [-0.2, 0) is 0 Å².